The Labute approximate surface area is 137 Å². The molecule has 1 atom stereocenters. The van der Waals surface area contributed by atoms with Crippen molar-refractivity contribution in [2.45, 2.75) is 26.0 Å². The highest BCUT2D eigenvalue weighted by molar-refractivity contribution is 5.73. The second-order valence-electron chi connectivity index (χ2n) is 5.37. The van der Waals surface area contributed by atoms with Crippen LogP contribution in [-0.4, -0.2) is 30.8 Å². The average molecular weight is 313 g/mol. The lowest BCUT2D eigenvalue weighted by Gasteiger charge is -2.16. The molecule has 122 valence electrons. The van der Waals surface area contributed by atoms with Crippen LogP contribution in [0.1, 0.15) is 18.1 Å². The van der Waals surface area contributed by atoms with E-state index in [4.69, 9.17) is 4.74 Å². The van der Waals surface area contributed by atoms with Crippen molar-refractivity contribution in [3.63, 3.8) is 0 Å². The number of nitrogens with one attached hydrogen (secondary N) is 1. The van der Waals surface area contributed by atoms with Gasteiger partial charge in [-0.15, -0.1) is 0 Å². The van der Waals surface area contributed by atoms with E-state index in [0.717, 1.165) is 22.3 Å². The second-order valence-corrected chi connectivity index (χ2v) is 5.37. The summed E-state index contributed by atoms with van der Waals surface area (Å²) in [6.07, 6.45) is -0.437. The quantitative estimate of drug-likeness (QED) is 0.786. The molecule has 2 N–H and O–H groups in total. The maximum absolute atomic E-state index is 11.3. The van der Waals surface area contributed by atoms with E-state index in [1.54, 1.807) is 0 Å². The molecule has 0 aliphatic carbocycles. The Morgan fingerprint density at radius 2 is 1.87 bits per heavy atom. The Hall–Kier alpha value is -2.17. The zero-order valence-corrected chi connectivity index (χ0v) is 13.6. The summed E-state index contributed by atoms with van der Waals surface area (Å²) < 4.78 is 5.34. The van der Waals surface area contributed by atoms with Gasteiger partial charge < -0.3 is 15.2 Å². The molecule has 2 rings (SSSR count). The van der Waals surface area contributed by atoms with Gasteiger partial charge in [-0.3, -0.25) is 0 Å². The smallest absolute Gasteiger partial charge is 0.333 e. The molecule has 0 aliphatic rings. The van der Waals surface area contributed by atoms with Crippen molar-refractivity contribution in [1.82, 2.24) is 5.32 Å². The van der Waals surface area contributed by atoms with Crippen LogP contribution in [0.3, 0.4) is 0 Å². The molecule has 0 aliphatic heterocycles. The van der Waals surface area contributed by atoms with Crippen LogP contribution in [0, 0.1) is 0 Å². The van der Waals surface area contributed by atoms with E-state index in [-0.39, 0.29) is 0 Å². The first-order valence-corrected chi connectivity index (χ1v) is 7.82. The van der Waals surface area contributed by atoms with E-state index in [9.17, 15) is 9.90 Å². The van der Waals surface area contributed by atoms with Gasteiger partial charge in [0.25, 0.3) is 0 Å². The number of carboxylic acids is 1. The van der Waals surface area contributed by atoms with Crippen molar-refractivity contribution >= 4 is 5.97 Å². The zero-order chi connectivity index (χ0) is 16.7. The van der Waals surface area contributed by atoms with Crippen molar-refractivity contribution in [2.24, 2.45) is 0 Å². The molecule has 0 saturated heterocycles. The topological polar surface area (TPSA) is 58.6 Å². The van der Waals surface area contributed by atoms with Gasteiger partial charge in [0, 0.05) is 19.6 Å². The van der Waals surface area contributed by atoms with Crippen LogP contribution in [-0.2, 0) is 22.5 Å². The Bertz CT molecular complexity index is 640. The molecule has 0 bridgehead atoms. The molecular formula is C19H23NO3. The van der Waals surface area contributed by atoms with Crippen LogP contribution in [0.2, 0.25) is 0 Å². The number of hydrogen-bond acceptors (Lipinski definition) is 3. The molecule has 0 unspecified atom stereocenters. The molecule has 0 spiro atoms. The van der Waals surface area contributed by atoms with E-state index in [1.165, 1.54) is 0 Å². The van der Waals surface area contributed by atoms with Crippen molar-refractivity contribution in [3.05, 3.63) is 59.7 Å². The highest BCUT2D eigenvalue weighted by Gasteiger charge is 2.19. The molecule has 0 radical (unpaired) electrons. The van der Waals surface area contributed by atoms with E-state index < -0.39 is 12.1 Å². The number of rotatable bonds is 8. The van der Waals surface area contributed by atoms with Gasteiger partial charge in [-0.25, -0.2) is 4.79 Å². The Morgan fingerprint density at radius 3 is 2.48 bits per heavy atom. The van der Waals surface area contributed by atoms with Gasteiger partial charge in [0.05, 0.1) is 0 Å². The van der Waals surface area contributed by atoms with Crippen molar-refractivity contribution in [2.75, 3.05) is 13.7 Å². The van der Waals surface area contributed by atoms with Crippen molar-refractivity contribution in [1.29, 1.82) is 0 Å². The van der Waals surface area contributed by atoms with Gasteiger partial charge in [0.15, 0.2) is 6.10 Å². The molecule has 0 amide bonds. The maximum Gasteiger partial charge on any atom is 0.333 e. The van der Waals surface area contributed by atoms with E-state index in [2.05, 4.69) is 23.5 Å². The first-order valence-electron chi connectivity index (χ1n) is 7.82. The minimum absolute atomic E-state index is 0.370. The molecule has 0 aromatic heterocycles. The van der Waals surface area contributed by atoms with Gasteiger partial charge in [-0.2, -0.15) is 0 Å². The zero-order valence-electron chi connectivity index (χ0n) is 13.6. The second kappa shape index (κ2) is 8.46. The predicted octanol–water partition coefficient (Wildman–Crippen LogP) is 3.11. The minimum atomic E-state index is -0.922. The number of carbonyl (C=O) groups is 1. The summed E-state index contributed by atoms with van der Waals surface area (Å²) in [6.45, 7) is 2.89. The van der Waals surface area contributed by atoms with Gasteiger partial charge in [-0.1, -0.05) is 42.5 Å². The summed E-state index contributed by atoms with van der Waals surface area (Å²) in [4.78, 5) is 11.3. The number of aliphatic carboxylic acids is 1. The van der Waals surface area contributed by atoms with Gasteiger partial charge in [0.1, 0.15) is 0 Å². The molecule has 0 fully saturated rings. The Kier molecular flexibility index (Phi) is 6.32. The average Bonchev–Trinajstić information content (AvgIpc) is 2.56. The van der Waals surface area contributed by atoms with Crippen molar-refractivity contribution in [3.8, 4) is 11.1 Å². The fraction of sp³-hybridized carbons (Fsp3) is 0.316. The van der Waals surface area contributed by atoms with Gasteiger partial charge in [0.2, 0.25) is 0 Å². The molecule has 2 aromatic rings. The number of ether oxygens (including phenoxy) is 1. The fourth-order valence-corrected chi connectivity index (χ4v) is 2.61. The van der Waals surface area contributed by atoms with Crippen LogP contribution in [0.15, 0.2) is 48.5 Å². The van der Waals surface area contributed by atoms with Crippen LogP contribution >= 0.6 is 0 Å². The highest BCUT2D eigenvalue weighted by Crippen LogP contribution is 2.23. The lowest BCUT2D eigenvalue weighted by Crippen LogP contribution is -2.27. The lowest BCUT2D eigenvalue weighted by atomic mass is 9.96. The summed E-state index contributed by atoms with van der Waals surface area (Å²) in [7, 11) is 1.89. The third-order valence-electron chi connectivity index (χ3n) is 3.73. The van der Waals surface area contributed by atoms with Crippen LogP contribution < -0.4 is 5.32 Å². The molecule has 4 nitrogen and oxygen atoms in total. The van der Waals surface area contributed by atoms with Crippen LogP contribution in [0.4, 0.5) is 0 Å². The van der Waals surface area contributed by atoms with Gasteiger partial charge >= 0.3 is 5.97 Å². The van der Waals surface area contributed by atoms with E-state index in [0.29, 0.717) is 19.6 Å². The number of carboxylic acid groups (broad SMARTS) is 1. The van der Waals surface area contributed by atoms with E-state index >= 15 is 0 Å². The molecular weight excluding hydrogens is 290 g/mol. The third kappa shape index (κ3) is 4.65. The maximum atomic E-state index is 11.3. The molecule has 0 heterocycles. The summed E-state index contributed by atoms with van der Waals surface area (Å²) in [5.41, 5.74) is 4.37. The molecule has 23 heavy (non-hydrogen) atoms. The van der Waals surface area contributed by atoms with Crippen LogP contribution in [0.5, 0.6) is 0 Å². The molecule has 0 saturated carbocycles. The van der Waals surface area contributed by atoms with Gasteiger partial charge in [-0.05, 0) is 42.3 Å². The fourth-order valence-electron chi connectivity index (χ4n) is 2.61. The Morgan fingerprint density at radius 1 is 1.13 bits per heavy atom. The third-order valence-corrected chi connectivity index (χ3v) is 3.73. The molecule has 4 heteroatoms. The van der Waals surface area contributed by atoms with Crippen LogP contribution in [0.25, 0.3) is 11.1 Å². The Balaban J connectivity index is 2.31. The SMILES string of the molecule is CCO[C@@H](Cc1ccc(-c2ccccc2)cc1CNC)C(=O)O. The summed E-state index contributed by atoms with van der Waals surface area (Å²) in [5, 5.41) is 12.4. The molecule has 2 aromatic carbocycles. The summed E-state index contributed by atoms with van der Waals surface area (Å²) in [6, 6.07) is 16.3. The van der Waals surface area contributed by atoms with Crippen molar-refractivity contribution < 1.29 is 14.6 Å². The number of benzene rings is 2. The first kappa shape index (κ1) is 17.2. The van der Waals surface area contributed by atoms with E-state index in [1.807, 2.05) is 44.3 Å². The summed E-state index contributed by atoms with van der Waals surface area (Å²) >= 11 is 0. The first-order chi connectivity index (χ1) is 11.2. The summed E-state index contributed by atoms with van der Waals surface area (Å²) in [5.74, 6) is -0.922. The standard InChI is InChI=1S/C19H23NO3/c1-3-23-18(19(21)22)12-16-10-9-15(11-17(16)13-20-2)14-7-5-4-6-8-14/h4-11,18,20H,3,12-13H2,1-2H3,(H,21,22)/t18-/m0/s1. The highest BCUT2D eigenvalue weighted by atomic mass is 16.5. The monoisotopic (exact) mass is 313 g/mol. The normalized spacial score (nSPS) is 12.1. The number of hydrogen-bond donors (Lipinski definition) is 2. The minimum Gasteiger partial charge on any atom is -0.479 e. The predicted molar refractivity (Wildman–Crippen MR) is 91.4 cm³/mol. The largest absolute Gasteiger partial charge is 0.479 e. The lowest BCUT2D eigenvalue weighted by molar-refractivity contribution is -0.149.